The summed E-state index contributed by atoms with van der Waals surface area (Å²) in [6, 6.07) is 4.69. The minimum atomic E-state index is -3.96. The summed E-state index contributed by atoms with van der Waals surface area (Å²) in [5.74, 6) is -1.66. The van der Waals surface area contributed by atoms with Gasteiger partial charge in [-0.05, 0) is 77.3 Å². The number of hydrogen-bond donors (Lipinski definition) is 3. The summed E-state index contributed by atoms with van der Waals surface area (Å²) in [5, 5.41) is 11.7. The number of imidazole rings is 1. The van der Waals surface area contributed by atoms with Gasteiger partial charge in [0.2, 0.25) is 21.8 Å². The zero-order valence-electron chi connectivity index (χ0n) is 33.6. The molecule has 2 saturated carbocycles. The number of carbonyl (C=O) groups excluding carboxylic acids is 3. The lowest BCUT2D eigenvalue weighted by molar-refractivity contribution is -0.140. The van der Waals surface area contributed by atoms with Crippen LogP contribution in [0.5, 0.6) is 6.01 Å². The number of carbonyl (C=O) groups is 3. The van der Waals surface area contributed by atoms with Crippen molar-refractivity contribution in [1.29, 1.82) is 0 Å². The number of sulfonamides is 1. The highest BCUT2D eigenvalue weighted by Crippen LogP contribution is 2.48. The molecular formula is C41H52N8O6S3. The van der Waals surface area contributed by atoms with E-state index < -0.39 is 56.2 Å². The minimum absolute atomic E-state index is 0.0335. The first-order chi connectivity index (χ1) is 27.7. The largest absolute Gasteiger partial charge is 0.459 e. The van der Waals surface area contributed by atoms with Crippen LogP contribution in [0.3, 0.4) is 0 Å². The molecule has 4 aliphatic rings. The second-order valence-corrected chi connectivity index (χ2v) is 21.0. The number of nitrogens with zero attached hydrogens (tertiary/aromatic N) is 5. The topological polar surface area (TPSA) is 178 Å². The van der Waals surface area contributed by atoms with Crippen LogP contribution in [-0.2, 0) is 24.4 Å². The van der Waals surface area contributed by atoms with Crippen LogP contribution in [0.2, 0.25) is 0 Å². The summed E-state index contributed by atoms with van der Waals surface area (Å²) in [4.78, 5) is 59.2. The Balaban J connectivity index is 1.12. The first-order valence-electron chi connectivity index (χ1n) is 20.3. The number of ether oxygens (including phenoxy) is 1. The Morgan fingerprint density at radius 3 is 2.60 bits per heavy atom. The molecule has 3 amide bonds. The van der Waals surface area contributed by atoms with E-state index in [4.69, 9.17) is 14.7 Å². The second-order valence-electron chi connectivity index (χ2n) is 17.0. The number of para-hydroxylation sites is 1. The van der Waals surface area contributed by atoms with Crippen molar-refractivity contribution in [2.75, 3.05) is 11.9 Å². The van der Waals surface area contributed by atoms with E-state index in [1.165, 1.54) is 11.3 Å². The standard InChI is InChI=1S/C41H52N8O6S3/c1-24(2)30-23-57-35(43-30)28-13-11-15-31-33(28)45-39(49(31)25(3)4)55-27-20-32-34(50)46-41(37(52)47-58(53,54)40(5)16-17-40)21-26(41)12-9-7-6-8-10-14-29(36(51)48(32)22-27)44-38-42-18-19-56-38/h9,11-13,15,18-19,23-27,29,32H,6-8,10,14,16-17,20-22H2,1-5H3,(H,42,44)(H,46,50)(H,47,52)/b12-9-/t26-,27-,29+,32+,41-/m1/s1. The van der Waals surface area contributed by atoms with Crippen LogP contribution >= 0.6 is 22.7 Å². The Morgan fingerprint density at radius 2 is 1.90 bits per heavy atom. The highest BCUT2D eigenvalue weighted by atomic mass is 32.2. The van der Waals surface area contributed by atoms with E-state index in [0.29, 0.717) is 30.4 Å². The van der Waals surface area contributed by atoms with Crippen molar-refractivity contribution < 1.29 is 27.5 Å². The number of hydrogen-bond acceptors (Lipinski definition) is 12. The molecule has 8 rings (SSSR count). The van der Waals surface area contributed by atoms with Gasteiger partial charge in [0.05, 0.1) is 22.5 Å². The number of benzene rings is 1. The summed E-state index contributed by atoms with van der Waals surface area (Å²) in [7, 11) is -3.96. The van der Waals surface area contributed by atoms with Crippen molar-refractivity contribution in [2.45, 2.75) is 133 Å². The molecule has 5 atom stereocenters. The van der Waals surface area contributed by atoms with Crippen LogP contribution in [-0.4, -0.2) is 85.6 Å². The molecule has 58 heavy (non-hydrogen) atoms. The van der Waals surface area contributed by atoms with Crippen LogP contribution < -0.4 is 20.1 Å². The highest BCUT2D eigenvalue weighted by Gasteiger charge is 2.63. The molecule has 2 aliphatic carbocycles. The van der Waals surface area contributed by atoms with Crippen LogP contribution in [0.25, 0.3) is 21.6 Å². The average Bonchev–Trinajstić information content (AvgIpc) is 3.67. The number of amides is 3. The fraction of sp³-hybridized carbons (Fsp3) is 0.561. The quantitative estimate of drug-likeness (QED) is 0.149. The highest BCUT2D eigenvalue weighted by molar-refractivity contribution is 7.91. The smallest absolute Gasteiger partial charge is 0.297 e. The van der Waals surface area contributed by atoms with E-state index >= 15 is 0 Å². The van der Waals surface area contributed by atoms with E-state index in [9.17, 15) is 22.8 Å². The number of anilines is 1. The first kappa shape index (κ1) is 40.4. The van der Waals surface area contributed by atoms with Gasteiger partial charge in [0, 0.05) is 40.9 Å². The Morgan fingerprint density at radius 1 is 1.09 bits per heavy atom. The lowest BCUT2D eigenvalue weighted by atomic mass is 10.1. The zero-order chi connectivity index (χ0) is 41.0. The monoisotopic (exact) mass is 848 g/mol. The fourth-order valence-electron chi connectivity index (χ4n) is 8.06. The molecule has 17 heteroatoms. The van der Waals surface area contributed by atoms with Gasteiger partial charge in [-0.2, -0.15) is 4.98 Å². The van der Waals surface area contributed by atoms with Gasteiger partial charge in [0.25, 0.3) is 11.9 Å². The van der Waals surface area contributed by atoms with E-state index in [-0.39, 0.29) is 37.3 Å². The Bertz CT molecular complexity index is 2330. The molecular weight excluding hydrogens is 797 g/mol. The number of thiazole rings is 2. The van der Waals surface area contributed by atoms with Crippen molar-refractivity contribution in [2.24, 2.45) is 5.92 Å². The van der Waals surface area contributed by atoms with Crippen molar-refractivity contribution >= 4 is 66.6 Å². The molecule has 5 heterocycles. The molecule has 2 aliphatic heterocycles. The van der Waals surface area contributed by atoms with Crippen LogP contribution in [0, 0.1) is 5.92 Å². The van der Waals surface area contributed by atoms with E-state index in [1.54, 1.807) is 29.4 Å². The number of rotatable bonds is 10. The van der Waals surface area contributed by atoms with Gasteiger partial charge < -0.3 is 20.3 Å². The maximum absolute atomic E-state index is 14.7. The third kappa shape index (κ3) is 7.76. The van der Waals surface area contributed by atoms with Crippen molar-refractivity contribution in [1.82, 2.24) is 34.5 Å². The predicted octanol–water partition coefficient (Wildman–Crippen LogP) is 6.54. The molecule has 0 unspecified atom stereocenters. The predicted molar refractivity (Wildman–Crippen MR) is 225 cm³/mol. The molecule has 4 aromatic rings. The maximum Gasteiger partial charge on any atom is 0.297 e. The van der Waals surface area contributed by atoms with Crippen molar-refractivity contribution in [3.8, 4) is 16.6 Å². The van der Waals surface area contributed by atoms with Crippen LogP contribution in [0.15, 0.2) is 47.3 Å². The molecule has 0 bridgehead atoms. The van der Waals surface area contributed by atoms with Crippen LogP contribution in [0.1, 0.15) is 110 Å². The SMILES string of the molecule is CC(C)c1csc(-c2cccc3c2nc(O[C@@H]2C[C@H]4C(=O)N[C@]5(C(=O)NS(=O)(=O)C6(C)CC6)C[C@H]5/C=C\CCCCC[C@H](Nc5nccs5)C(=O)N4C2)n3C(C)C)n1. The molecule has 1 saturated heterocycles. The molecule has 0 radical (unpaired) electrons. The normalized spacial score (nSPS) is 26.7. The van der Waals surface area contributed by atoms with Gasteiger partial charge in [-0.25, -0.2) is 18.4 Å². The molecule has 14 nitrogen and oxygen atoms in total. The van der Waals surface area contributed by atoms with E-state index in [0.717, 1.165) is 53.0 Å². The van der Waals surface area contributed by atoms with Gasteiger partial charge in [-0.1, -0.05) is 44.9 Å². The molecule has 0 spiro atoms. The zero-order valence-corrected chi connectivity index (χ0v) is 36.0. The summed E-state index contributed by atoms with van der Waals surface area (Å²) in [6.07, 6.45) is 10.1. The third-order valence-electron chi connectivity index (χ3n) is 12.0. The van der Waals surface area contributed by atoms with Gasteiger partial charge in [-0.15, -0.1) is 22.7 Å². The maximum atomic E-state index is 14.7. The van der Waals surface area contributed by atoms with Gasteiger partial charge in [0.1, 0.15) is 34.3 Å². The molecule has 3 N–H and O–H groups in total. The van der Waals surface area contributed by atoms with Gasteiger partial charge >= 0.3 is 0 Å². The van der Waals surface area contributed by atoms with E-state index in [2.05, 4.69) is 53.4 Å². The second kappa shape index (κ2) is 15.7. The fourth-order valence-corrected chi connectivity index (χ4v) is 11.0. The molecule has 3 aromatic heterocycles. The van der Waals surface area contributed by atoms with Crippen molar-refractivity contribution in [3.63, 3.8) is 0 Å². The number of nitrogens with one attached hydrogen (secondary N) is 3. The Labute approximate surface area is 347 Å². The molecule has 310 valence electrons. The van der Waals surface area contributed by atoms with Crippen LogP contribution in [0.4, 0.5) is 5.13 Å². The summed E-state index contributed by atoms with van der Waals surface area (Å²) in [5.41, 5.74) is 2.09. The summed E-state index contributed by atoms with van der Waals surface area (Å²) in [6.45, 7) is 10.1. The number of fused-ring (bicyclic) bond motifs is 3. The third-order valence-corrected chi connectivity index (χ3v) is 15.8. The Hall–Kier alpha value is -4.35. The first-order valence-corrected chi connectivity index (χ1v) is 23.6. The summed E-state index contributed by atoms with van der Waals surface area (Å²) >= 11 is 2.98. The number of aromatic nitrogens is 4. The number of allylic oxidation sites excluding steroid dienone is 1. The Kier molecular flexibility index (Phi) is 10.9. The molecule has 3 fully saturated rings. The van der Waals surface area contributed by atoms with Gasteiger partial charge in [-0.3, -0.25) is 23.7 Å². The van der Waals surface area contributed by atoms with Crippen molar-refractivity contribution in [3.05, 3.63) is 53.0 Å². The molecule has 1 aromatic carbocycles. The average molecular weight is 849 g/mol. The lowest BCUT2D eigenvalue weighted by Crippen LogP contribution is -2.58. The summed E-state index contributed by atoms with van der Waals surface area (Å²) < 4.78 is 36.6. The van der Waals surface area contributed by atoms with Gasteiger partial charge in [0.15, 0.2) is 5.13 Å². The lowest BCUT2D eigenvalue weighted by Gasteiger charge is -2.30. The minimum Gasteiger partial charge on any atom is -0.459 e. The van der Waals surface area contributed by atoms with E-state index in [1.807, 2.05) is 40.3 Å².